The first-order chi connectivity index (χ1) is 22.9. The number of nitrogens with zero attached hydrogens (tertiary/aromatic N) is 4. The minimum atomic E-state index is -5.03. The van der Waals surface area contributed by atoms with Crippen molar-refractivity contribution in [3.63, 3.8) is 0 Å². The van der Waals surface area contributed by atoms with E-state index in [9.17, 15) is 26.4 Å². The topological polar surface area (TPSA) is 136 Å². The smallest absolute Gasteiger partial charge is 0.410 e. The fourth-order valence-electron chi connectivity index (χ4n) is 5.60. The third-order valence-electron chi connectivity index (χ3n) is 7.49. The number of amides is 1. The minimum Gasteiger partial charge on any atom is -0.444 e. The third-order valence-corrected chi connectivity index (χ3v) is 8.71. The Balaban J connectivity index is 1.44. The Morgan fingerprint density at radius 1 is 1.02 bits per heavy atom. The van der Waals surface area contributed by atoms with Crippen molar-refractivity contribution >= 4 is 38.5 Å². The van der Waals surface area contributed by atoms with Gasteiger partial charge in [-0.1, -0.05) is 31.2 Å². The van der Waals surface area contributed by atoms with Crippen LogP contribution >= 0.6 is 0 Å². The molecule has 2 N–H and O–H groups in total. The van der Waals surface area contributed by atoms with Gasteiger partial charge >= 0.3 is 12.3 Å². The van der Waals surface area contributed by atoms with Crippen LogP contribution in [-0.4, -0.2) is 71.0 Å². The largest absolute Gasteiger partial charge is 0.444 e. The van der Waals surface area contributed by atoms with E-state index in [2.05, 4.69) is 20.3 Å². The summed E-state index contributed by atoms with van der Waals surface area (Å²) in [5.41, 5.74) is -0.591. The van der Waals surface area contributed by atoms with Crippen LogP contribution in [0.4, 0.5) is 34.0 Å². The van der Waals surface area contributed by atoms with Crippen LogP contribution in [0.3, 0.4) is 0 Å². The number of sulfonamides is 1. The quantitative estimate of drug-likeness (QED) is 0.181. The Bertz CT molecular complexity index is 1970. The predicted octanol–water partition coefficient (Wildman–Crippen LogP) is 7.29. The Labute approximate surface area is 281 Å². The number of hydrogen-bond acceptors (Lipinski definition) is 9. The predicted molar refractivity (Wildman–Crippen MR) is 176 cm³/mol. The second-order valence-electron chi connectivity index (χ2n) is 13.0. The van der Waals surface area contributed by atoms with Gasteiger partial charge in [0.25, 0.3) is 0 Å². The van der Waals surface area contributed by atoms with E-state index in [0.717, 1.165) is 6.42 Å². The van der Waals surface area contributed by atoms with Gasteiger partial charge < -0.3 is 19.7 Å². The summed E-state index contributed by atoms with van der Waals surface area (Å²) in [4.78, 5) is 27.8. The molecule has 1 aliphatic heterocycles. The van der Waals surface area contributed by atoms with Crippen LogP contribution in [0.25, 0.3) is 22.0 Å². The summed E-state index contributed by atoms with van der Waals surface area (Å²) in [6.07, 6.45) is -1.67. The molecule has 1 aliphatic rings. The minimum absolute atomic E-state index is 0.0144. The average Bonchev–Trinajstić information content (AvgIpc) is 2.99. The normalized spacial score (nSPS) is 17.1. The molecule has 5 rings (SSSR count). The summed E-state index contributed by atoms with van der Waals surface area (Å²) in [6.45, 7) is 9.73. The summed E-state index contributed by atoms with van der Waals surface area (Å²) in [7, 11) is -4.98. The molecule has 1 fully saturated rings. The number of nitrogens with one attached hydrogen (secondary N) is 2. The van der Waals surface area contributed by atoms with E-state index in [1.807, 2.05) is 27.7 Å². The zero-order chi connectivity index (χ0) is 35.7. The monoisotopic (exact) mass is 704 g/mol. The fraction of sp³-hybridized carbons (Fsp3) is 0.394. The van der Waals surface area contributed by atoms with Crippen molar-refractivity contribution in [2.24, 2.45) is 5.92 Å². The van der Waals surface area contributed by atoms with Gasteiger partial charge in [0.2, 0.25) is 21.9 Å². The zero-order valence-electron chi connectivity index (χ0n) is 27.4. The van der Waals surface area contributed by atoms with Gasteiger partial charge in [-0.3, -0.25) is 4.72 Å². The highest BCUT2D eigenvalue weighted by Crippen LogP contribution is 2.42. The molecule has 2 aromatic heterocycles. The van der Waals surface area contributed by atoms with Gasteiger partial charge in [-0.2, -0.15) is 13.2 Å². The first-order valence-corrected chi connectivity index (χ1v) is 17.0. The Hall–Kier alpha value is -4.73. The van der Waals surface area contributed by atoms with Gasteiger partial charge in [-0.25, -0.2) is 32.6 Å². The number of piperidine rings is 1. The number of fused-ring (bicyclic) bond motifs is 1. The van der Waals surface area contributed by atoms with Crippen molar-refractivity contribution in [2.45, 2.75) is 58.9 Å². The number of carbonyl (C=O) groups excluding carboxylic acids is 1. The zero-order valence-corrected chi connectivity index (χ0v) is 28.2. The number of anilines is 2. The summed E-state index contributed by atoms with van der Waals surface area (Å²) < 4.78 is 92.6. The molecule has 0 saturated carbocycles. The van der Waals surface area contributed by atoms with Crippen molar-refractivity contribution in [1.82, 2.24) is 19.9 Å². The van der Waals surface area contributed by atoms with E-state index in [-0.39, 0.29) is 39.9 Å². The maximum Gasteiger partial charge on any atom is 0.410 e. The number of likely N-dealkylation sites (tertiary alicyclic amines) is 1. The van der Waals surface area contributed by atoms with E-state index >= 15 is 4.39 Å². The molecule has 0 aliphatic carbocycles. The molecular weight excluding hydrogens is 668 g/mol. The molecule has 2 aromatic carbocycles. The standard InChI is InChI=1S/C33H36F4N6O5S/c1-19-15-21(17-43(16-19)31(44)48-32(3,4)5)40-30-39-14-12-25(41-30)24-11-8-13-38-29(24)47-28-20(2)26(34)27(22-9-6-7-10-23(22)28)42-49(45,46)18-33(35,36)37/h6-14,19,21,42H,15-18H2,1-5H3,(H,39,40,41)/t19-,21+/m1/s1. The number of aromatic nitrogens is 3. The number of pyridine rings is 1. The molecule has 3 heterocycles. The van der Waals surface area contributed by atoms with Gasteiger partial charge in [-0.15, -0.1) is 0 Å². The van der Waals surface area contributed by atoms with Gasteiger partial charge in [0.05, 0.1) is 16.9 Å². The summed E-state index contributed by atoms with van der Waals surface area (Å²) in [5, 5.41) is 3.52. The molecule has 4 aromatic rings. The number of ether oxygens (including phenoxy) is 2. The van der Waals surface area contributed by atoms with E-state index in [0.29, 0.717) is 30.3 Å². The lowest BCUT2D eigenvalue weighted by Crippen LogP contribution is -2.49. The van der Waals surface area contributed by atoms with Crippen LogP contribution in [0.2, 0.25) is 0 Å². The molecule has 11 nitrogen and oxygen atoms in total. The highest BCUT2D eigenvalue weighted by atomic mass is 32.2. The summed E-state index contributed by atoms with van der Waals surface area (Å²) >= 11 is 0. The van der Waals surface area contributed by atoms with E-state index in [4.69, 9.17) is 9.47 Å². The van der Waals surface area contributed by atoms with Crippen molar-refractivity contribution in [1.29, 1.82) is 0 Å². The fourth-order valence-corrected chi connectivity index (χ4v) is 6.61. The Morgan fingerprint density at radius 3 is 2.43 bits per heavy atom. The van der Waals surface area contributed by atoms with Crippen LogP contribution in [0.5, 0.6) is 11.6 Å². The average molecular weight is 705 g/mol. The molecule has 1 amide bonds. The Kier molecular flexibility index (Phi) is 9.91. The van der Waals surface area contributed by atoms with Gasteiger partial charge in [0.15, 0.2) is 11.6 Å². The molecular formula is C33H36F4N6O5S. The first-order valence-electron chi connectivity index (χ1n) is 15.4. The lowest BCUT2D eigenvalue weighted by Gasteiger charge is -2.37. The van der Waals surface area contributed by atoms with Crippen molar-refractivity contribution in [2.75, 3.05) is 28.9 Å². The molecule has 0 radical (unpaired) electrons. The third kappa shape index (κ3) is 8.85. The van der Waals surface area contributed by atoms with Gasteiger partial charge in [0.1, 0.15) is 11.4 Å². The van der Waals surface area contributed by atoms with Gasteiger partial charge in [-0.05, 0) is 58.2 Å². The number of carbonyl (C=O) groups is 1. The highest BCUT2D eigenvalue weighted by Gasteiger charge is 2.36. The number of rotatable bonds is 8. The summed E-state index contributed by atoms with van der Waals surface area (Å²) in [6, 6.07) is 10.8. The second-order valence-corrected chi connectivity index (χ2v) is 14.7. The van der Waals surface area contributed by atoms with Crippen molar-refractivity contribution in [3.05, 3.63) is 66.2 Å². The van der Waals surface area contributed by atoms with Crippen LogP contribution < -0.4 is 14.8 Å². The first kappa shape index (κ1) is 35.6. The van der Waals surface area contributed by atoms with Crippen LogP contribution in [0.1, 0.15) is 39.7 Å². The Morgan fingerprint density at radius 2 is 1.73 bits per heavy atom. The highest BCUT2D eigenvalue weighted by molar-refractivity contribution is 7.92. The maximum absolute atomic E-state index is 15.8. The van der Waals surface area contributed by atoms with Crippen LogP contribution in [0.15, 0.2) is 54.9 Å². The summed E-state index contributed by atoms with van der Waals surface area (Å²) in [5.74, 6) is -2.79. The lowest BCUT2D eigenvalue weighted by atomic mass is 9.96. The maximum atomic E-state index is 15.8. The molecule has 0 unspecified atom stereocenters. The molecule has 0 bridgehead atoms. The van der Waals surface area contributed by atoms with E-state index in [1.54, 1.807) is 40.1 Å². The van der Waals surface area contributed by atoms with Crippen molar-refractivity contribution < 1.29 is 40.2 Å². The van der Waals surface area contributed by atoms with Crippen LogP contribution in [0, 0.1) is 18.7 Å². The number of hydrogen-bond donors (Lipinski definition) is 2. The van der Waals surface area contributed by atoms with Crippen molar-refractivity contribution in [3.8, 4) is 22.9 Å². The molecule has 49 heavy (non-hydrogen) atoms. The lowest BCUT2D eigenvalue weighted by molar-refractivity contribution is -0.106. The SMILES string of the molecule is Cc1c(F)c(NS(=O)(=O)CC(F)(F)F)c2ccccc2c1Oc1ncccc1-c1ccnc(N[C@H]2C[C@@H](C)CN(C(=O)OC(C)(C)C)C2)n1. The number of halogens is 4. The van der Waals surface area contributed by atoms with Gasteiger partial charge in [0, 0.05) is 47.9 Å². The van der Waals surface area contributed by atoms with E-state index in [1.165, 1.54) is 31.3 Å². The molecule has 262 valence electrons. The molecule has 16 heteroatoms. The van der Waals surface area contributed by atoms with Crippen LogP contribution in [-0.2, 0) is 14.8 Å². The second kappa shape index (κ2) is 13.6. The number of alkyl halides is 3. The number of benzene rings is 2. The molecule has 2 atom stereocenters. The molecule has 1 saturated heterocycles. The van der Waals surface area contributed by atoms with E-state index < -0.39 is 45.2 Å². The molecule has 0 spiro atoms.